The molecule has 3 unspecified atom stereocenters. The van der Waals surface area contributed by atoms with Crippen molar-refractivity contribution in [2.75, 3.05) is 25.1 Å². The third-order valence-corrected chi connectivity index (χ3v) is 5.53. The van der Waals surface area contributed by atoms with Crippen molar-refractivity contribution in [3.05, 3.63) is 35.9 Å². The number of hydrogen-bond donors (Lipinski definition) is 1. The topological polar surface area (TPSA) is 15.3 Å². The number of nitrogens with zero attached hydrogens (tertiary/aromatic N) is 1. The minimum absolute atomic E-state index is 0.0700. The van der Waals surface area contributed by atoms with Crippen LogP contribution in [0.3, 0.4) is 0 Å². The maximum atomic E-state index is 3.81. The van der Waals surface area contributed by atoms with Crippen LogP contribution in [0.2, 0.25) is 0 Å². The van der Waals surface area contributed by atoms with Crippen LogP contribution >= 0.6 is 11.8 Å². The molecule has 21 heavy (non-hydrogen) atoms. The zero-order valence-electron chi connectivity index (χ0n) is 13.9. The number of nitrogens with one attached hydrogen (secondary N) is 1. The fourth-order valence-electron chi connectivity index (χ4n) is 3.36. The second kappa shape index (κ2) is 7.66. The maximum absolute atomic E-state index is 3.81. The molecule has 0 amide bonds. The zero-order chi connectivity index (χ0) is 15.3. The molecule has 1 N–H and O–H groups in total. The van der Waals surface area contributed by atoms with Gasteiger partial charge in [-0.05, 0) is 44.3 Å². The Bertz CT molecular complexity index is 422. The van der Waals surface area contributed by atoms with Crippen LogP contribution < -0.4 is 5.32 Å². The van der Waals surface area contributed by atoms with Gasteiger partial charge in [0.25, 0.3) is 0 Å². The molecule has 0 saturated carbocycles. The average molecular weight is 307 g/mol. The SMILES string of the molecule is CCC1CNC(C)(c2ccccc2)CN1C(C)CCSC. The predicted molar refractivity (Wildman–Crippen MR) is 95.0 cm³/mol. The highest BCUT2D eigenvalue weighted by Crippen LogP contribution is 2.29. The fraction of sp³-hybridized carbons (Fsp3) is 0.667. The Morgan fingerprint density at radius 1 is 1.38 bits per heavy atom. The molecule has 0 bridgehead atoms. The molecule has 2 nitrogen and oxygen atoms in total. The highest BCUT2D eigenvalue weighted by molar-refractivity contribution is 7.98. The van der Waals surface area contributed by atoms with Crippen molar-refractivity contribution in [3.8, 4) is 0 Å². The van der Waals surface area contributed by atoms with E-state index in [1.54, 1.807) is 0 Å². The lowest BCUT2D eigenvalue weighted by Crippen LogP contribution is -2.63. The van der Waals surface area contributed by atoms with Gasteiger partial charge in [0.2, 0.25) is 0 Å². The van der Waals surface area contributed by atoms with E-state index in [0.29, 0.717) is 12.1 Å². The Hall–Kier alpha value is -0.510. The second-order valence-corrected chi connectivity index (χ2v) is 7.43. The van der Waals surface area contributed by atoms with E-state index >= 15 is 0 Å². The molecular weight excluding hydrogens is 276 g/mol. The molecule has 1 aromatic carbocycles. The van der Waals surface area contributed by atoms with Crippen LogP contribution in [0.1, 0.15) is 39.2 Å². The van der Waals surface area contributed by atoms with Crippen LogP contribution in [-0.2, 0) is 5.54 Å². The minimum atomic E-state index is 0.0700. The van der Waals surface area contributed by atoms with E-state index < -0.39 is 0 Å². The molecule has 2 rings (SSSR count). The van der Waals surface area contributed by atoms with Gasteiger partial charge in [-0.2, -0.15) is 11.8 Å². The first kappa shape index (κ1) is 16.9. The molecule has 1 aromatic rings. The predicted octanol–water partition coefficient (Wildman–Crippen LogP) is 3.73. The lowest BCUT2D eigenvalue weighted by Gasteiger charge is -2.49. The van der Waals surface area contributed by atoms with Crippen molar-refractivity contribution in [1.82, 2.24) is 10.2 Å². The van der Waals surface area contributed by atoms with Gasteiger partial charge in [0.15, 0.2) is 0 Å². The first-order valence-electron chi connectivity index (χ1n) is 8.16. The smallest absolute Gasteiger partial charge is 0.0535 e. The number of benzene rings is 1. The summed E-state index contributed by atoms with van der Waals surface area (Å²) < 4.78 is 0. The molecule has 1 aliphatic heterocycles. The molecule has 3 atom stereocenters. The van der Waals surface area contributed by atoms with Gasteiger partial charge >= 0.3 is 0 Å². The molecule has 0 radical (unpaired) electrons. The summed E-state index contributed by atoms with van der Waals surface area (Å²) in [6, 6.07) is 12.2. The molecule has 0 aliphatic carbocycles. The van der Waals surface area contributed by atoms with Crippen molar-refractivity contribution < 1.29 is 0 Å². The lowest BCUT2D eigenvalue weighted by atomic mass is 9.87. The summed E-state index contributed by atoms with van der Waals surface area (Å²) in [7, 11) is 0. The summed E-state index contributed by atoms with van der Waals surface area (Å²) >= 11 is 1.96. The van der Waals surface area contributed by atoms with Gasteiger partial charge in [0.1, 0.15) is 0 Å². The zero-order valence-corrected chi connectivity index (χ0v) is 14.7. The second-order valence-electron chi connectivity index (χ2n) is 6.44. The standard InChI is InChI=1S/C18H30N2S/c1-5-17-13-19-18(3,16-9-7-6-8-10-16)14-20(17)15(2)11-12-21-4/h6-10,15,17,19H,5,11-14H2,1-4H3. The average Bonchev–Trinajstić information content (AvgIpc) is 2.53. The van der Waals surface area contributed by atoms with Crippen LogP contribution in [0.4, 0.5) is 0 Å². The van der Waals surface area contributed by atoms with Crippen molar-refractivity contribution in [1.29, 1.82) is 0 Å². The van der Waals surface area contributed by atoms with Crippen LogP contribution in [0.25, 0.3) is 0 Å². The molecule has 1 saturated heterocycles. The van der Waals surface area contributed by atoms with Gasteiger partial charge in [0, 0.05) is 25.2 Å². The quantitative estimate of drug-likeness (QED) is 0.862. The van der Waals surface area contributed by atoms with Crippen LogP contribution in [0.15, 0.2) is 30.3 Å². The highest BCUT2D eigenvalue weighted by Gasteiger charge is 2.37. The van der Waals surface area contributed by atoms with Crippen molar-refractivity contribution in [3.63, 3.8) is 0 Å². The Morgan fingerprint density at radius 2 is 2.10 bits per heavy atom. The van der Waals surface area contributed by atoms with E-state index in [2.05, 4.69) is 67.6 Å². The summed E-state index contributed by atoms with van der Waals surface area (Å²) in [4.78, 5) is 2.74. The largest absolute Gasteiger partial charge is 0.305 e. The van der Waals surface area contributed by atoms with E-state index in [1.165, 1.54) is 24.2 Å². The van der Waals surface area contributed by atoms with Gasteiger partial charge < -0.3 is 5.32 Å². The maximum Gasteiger partial charge on any atom is 0.0535 e. The lowest BCUT2D eigenvalue weighted by molar-refractivity contribution is 0.0492. The normalized spacial score (nSPS) is 28.5. The van der Waals surface area contributed by atoms with Crippen LogP contribution in [0.5, 0.6) is 0 Å². The van der Waals surface area contributed by atoms with Crippen molar-refractivity contribution in [2.45, 2.75) is 51.2 Å². The molecule has 1 fully saturated rings. The summed E-state index contributed by atoms with van der Waals surface area (Å²) in [5, 5.41) is 3.81. The highest BCUT2D eigenvalue weighted by atomic mass is 32.2. The fourth-order valence-corrected chi connectivity index (χ4v) is 3.94. The summed E-state index contributed by atoms with van der Waals surface area (Å²) in [5.74, 6) is 1.25. The van der Waals surface area contributed by atoms with Gasteiger partial charge in [-0.15, -0.1) is 0 Å². The first-order chi connectivity index (χ1) is 10.1. The number of rotatable bonds is 6. The molecular formula is C18H30N2S. The van der Waals surface area contributed by atoms with Crippen LogP contribution in [0, 0.1) is 0 Å². The monoisotopic (exact) mass is 306 g/mol. The molecule has 1 aliphatic rings. The van der Waals surface area contributed by atoms with Gasteiger partial charge in [-0.25, -0.2) is 0 Å². The van der Waals surface area contributed by atoms with E-state index in [9.17, 15) is 0 Å². The van der Waals surface area contributed by atoms with Crippen molar-refractivity contribution in [2.24, 2.45) is 0 Å². The summed E-state index contributed by atoms with van der Waals surface area (Å²) in [6.45, 7) is 9.25. The Balaban J connectivity index is 2.14. The van der Waals surface area contributed by atoms with Gasteiger partial charge in [0.05, 0.1) is 5.54 Å². The van der Waals surface area contributed by atoms with E-state index in [0.717, 1.165) is 13.1 Å². The third kappa shape index (κ3) is 4.02. The van der Waals surface area contributed by atoms with E-state index in [1.807, 2.05) is 11.8 Å². The summed E-state index contributed by atoms with van der Waals surface area (Å²) in [5.41, 5.74) is 1.47. The van der Waals surface area contributed by atoms with Crippen LogP contribution in [-0.4, -0.2) is 42.1 Å². The molecule has 118 valence electrons. The van der Waals surface area contributed by atoms with E-state index in [4.69, 9.17) is 0 Å². The first-order valence-corrected chi connectivity index (χ1v) is 9.55. The molecule has 0 aromatic heterocycles. The van der Waals surface area contributed by atoms with Gasteiger partial charge in [-0.1, -0.05) is 37.3 Å². The van der Waals surface area contributed by atoms with Gasteiger partial charge in [-0.3, -0.25) is 4.90 Å². The van der Waals surface area contributed by atoms with E-state index in [-0.39, 0.29) is 5.54 Å². The number of thioether (sulfide) groups is 1. The Morgan fingerprint density at radius 3 is 2.71 bits per heavy atom. The third-order valence-electron chi connectivity index (χ3n) is 4.88. The Labute approximate surface area is 134 Å². The Kier molecular flexibility index (Phi) is 6.15. The number of hydrogen-bond acceptors (Lipinski definition) is 3. The molecule has 0 spiro atoms. The molecule has 3 heteroatoms. The molecule has 1 heterocycles. The summed E-state index contributed by atoms with van der Waals surface area (Å²) in [6.07, 6.45) is 4.71. The number of piperazine rings is 1. The minimum Gasteiger partial charge on any atom is -0.305 e. The van der Waals surface area contributed by atoms with Crippen molar-refractivity contribution >= 4 is 11.8 Å².